The van der Waals surface area contributed by atoms with Crippen molar-refractivity contribution in [2.75, 3.05) is 33.0 Å². The van der Waals surface area contributed by atoms with Gasteiger partial charge < -0.3 is 20.3 Å². The van der Waals surface area contributed by atoms with Gasteiger partial charge in [0.25, 0.3) is 5.91 Å². The van der Waals surface area contributed by atoms with Gasteiger partial charge in [-0.3, -0.25) is 14.4 Å². The average molecular weight is 457 g/mol. The highest BCUT2D eigenvalue weighted by molar-refractivity contribution is 7.98. The molecule has 0 aliphatic carbocycles. The minimum Gasteiger partial charge on any atom is -0.497 e. The number of ether oxygens (including phenoxy) is 1. The van der Waals surface area contributed by atoms with Crippen LogP contribution in [0.2, 0.25) is 0 Å². The number of carbonyl (C=O) groups is 3. The number of amides is 3. The first kappa shape index (κ1) is 23.6. The molecule has 32 heavy (non-hydrogen) atoms. The molecule has 1 aromatic carbocycles. The van der Waals surface area contributed by atoms with E-state index in [0.717, 1.165) is 29.2 Å². The summed E-state index contributed by atoms with van der Waals surface area (Å²) in [7, 11) is 1.59. The van der Waals surface area contributed by atoms with Gasteiger partial charge in [0.15, 0.2) is 0 Å². The zero-order valence-corrected chi connectivity index (χ0v) is 19.1. The summed E-state index contributed by atoms with van der Waals surface area (Å²) in [4.78, 5) is 43.1. The topological polar surface area (TPSA) is 101 Å². The summed E-state index contributed by atoms with van der Waals surface area (Å²) in [6, 6.07) is 10.8. The molecule has 9 heteroatoms. The lowest BCUT2D eigenvalue weighted by molar-refractivity contribution is -0.139. The van der Waals surface area contributed by atoms with Crippen molar-refractivity contribution in [2.45, 2.75) is 24.4 Å². The Morgan fingerprint density at radius 1 is 1.09 bits per heavy atom. The van der Waals surface area contributed by atoms with Crippen LogP contribution in [0.1, 0.15) is 28.8 Å². The van der Waals surface area contributed by atoms with Gasteiger partial charge in [0.05, 0.1) is 12.7 Å². The van der Waals surface area contributed by atoms with Gasteiger partial charge in [0, 0.05) is 32.4 Å². The smallest absolute Gasteiger partial charge is 0.309 e. The van der Waals surface area contributed by atoms with E-state index in [4.69, 9.17) is 4.74 Å². The molecule has 0 spiro atoms. The van der Waals surface area contributed by atoms with Crippen molar-refractivity contribution in [2.24, 2.45) is 5.92 Å². The molecule has 2 aromatic rings. The van der Waals surface area contributed by atoms with Crippen LogP contribution in [0.4, 0.5) is 0 Å². The third kappa shape index (κ3) is 6.23. The van der Waals surface area contributed by atoms with E-state index in [2.05, 4.69) is 15.6 Å². The quantitative estimate of drug-likeness (QED) is 0.489. The van der Waals surface area contributed by atoms with Crippen molar-refractivity contribution >= 4 is 29.5 Å². The van der Waals surface area contributed by atoms with Crippen LogP contribution in [0.3, 0.4) is 0 Å². The van der Waals surface area contributed by atoms with Crippen LogP contribution in [0.5, 0.6) is 5.75 Å². The minimum absolute atomic E-state index is 0.0113. The summed E-state index contributed by atoms with van der Waals surface area (Å²) in [5.74, 6) is -0.351. The van der Waals surface area contributed by atoms with Gasteiger partial charge in [-0.25, -0.2) is 4.98 Å². The van der Waals surface area contributed by atoms with Gasteiger partial charge in [-0.2, -0.15) is 0 Å². The summed E-state index contributed by atoms with van der Waals surface area (Å²) in [6.07, 6.45) is 5.13. The van der Waals surface area contributed by atoms with Gasteiger partial charge in [-0.15, -0.1) is 11.8 Å². The van der Waals surface area contributed by atoms with Crippen LogP contribution < -0.4 is 15.4 Å². The highest BCUT2D eigenvalue weighted by Crippen LogP contribution is 2.22. The molecule has 1 saturated heterocycles. The lowest BCUT2D eigenvalue weighted by Gasteiger charge is -2.32. The monoisotopic (exact) mass is 456 g/mol. The molecule has 2 heterocycles. The highest BCUT2D eigenvalue weighted by atomic mass is 32.2. The van der Waals surface area contributed by atoms with Gasteiger partial charge >= 0.3 is 11.8 Å². The number of piperidine rings is 1. The summed E-state index contributed by atoms with van der Waals surface area (Å²) >= 11 is 1.46. The van der Waals surface area contributed by atoms with Gasteiger partial charge in [0.1, 0.15) is 10.8 Å². The number of hydrogen-bond acceptors (Lipinski definition) is 6. The van der Waals surface area contributed by atoms with Crippen molar-refractivity contribution in [1.82, 2.24) is 20.5 Å². The Balaban J connectivity index is 1.39. The predicted molar refractivity (Wildman–Crippen MR) is 122 cm³/mol. The number of carbonyl (C=O) groups excluding carboxylic acids is 3. The SMILES string of the molecule is COc1ccc(CNC(=O)C(=O)NCC2CCN(C(=O)c3cccnc3SC)CC2)cc1. The molecule has 0 saturated carbocycles. The first-order valence-electron chi connectivity index (χ1n) is 10.5. The average Bonchev–Trinajstić information content (AvgIpc) is 2.85. The number of likely N-dealkylation sites (tertiary alicyclic amines) is 1. The third-order valence-electron chi connectivity index (χ3n) is 5.47. The fourth-order valence-electron chi connectivity index (χ4n) is 3.55. The molecule has 1 aliphatic rings. The fourth-order valence-corrected chi connectivity index (χ4v) is 4.09. The van der Waals surface area contributed by atoms with E-state index in [9.17, 15) is 14.4 Å². The number of methoxy groups -OCH3 is 1. The van der Waals surface area contributed by atoms with Crippen molar-refractivity contribution in [3.05, 3.63) is 53.7 Å². The van der Waals surface area contributed by atoms with Crippen molar-refractivity contribution in [3.8, 4) is 5.75 Å². The fraction of sp³-hybridized carbons (Fsp3) is 0.391. The van der Waals surface area contributed by atoms with Crippen LogP contribution in [0.25, 0.3) is 0 Å². The van der Waals surface area contributed by atoms with E-state index in [0.29, 0.717) is 25.2 Å². The molecule has 2 N–H and O–H groups in total. The molecule has 0 atom stereocenters. The number of rotatable bonds is 7. The first-order valence-corrected chi connectivity index (χ1v) is 11.7. The Morgan fingerprint density at radius 2 is 1.78 bits per heavy atom. The van der Waals surface area contributed by atoms with E-state index in [1.165, 1.54) is 11.8 Å². The summed E-state index contributed by atoms with van der Waals surface area (Å²) in [6.45, 7) is 1.92. The van der Waals surface area contributed by atoms with E-state index < -0.39 is 11.8 Å². The van der Waals surface area contributed by atoms with Crippen LogP contribution in [-0.2, 0) is 16.1 Å². The van der Waals surface area contributed by atoms with Crippen LogP contribution in [-0.4, -0.2) is 60.6 Å². The Morgan fingerprint density at radius 3 is 2.44 bits per heavy atom. The molecule has 0 bridgehead atoms. The largest absolute Gasteiger partial charge is 0.497 e. The van der Waals surface area contributed by atoms with Crippen LogP contribution >= 0.6 is 11.8 Å². The normalized spacial score (nSPS) is 14.0. The Kier molecular flexibility index (Phi) is 8.49. The molecule has 3 amide bonds. The maximum atomic E-state index is 12.8. The van der Waals surface area contributed by atoms with Gasteiger partial charge in [-0.1, -0.05) is 12.1 Å². The number of nitrogens with zero attached hydrogens (tertiary/aromatic N) is 2. The second-order valence-corrected chi connectivity index (χ2v) is 8.33. The van der Waals surface area contributed by atoms with E-state index >= 15 is 0 Å². The number of hydrogen-bond donors (Lipinski definition) is 2. The van der Waals surface area contributed by atoms with Crippen molar-refractivity contribution < 1.29 is 19.1 Å². The van der Waals surface area contributed by atoms with Gasteiger partial charge in [0.2, 0.25) is 0 Å². The van der Waals surface area contributed by atoms with Crippen molar-refractivity contribution in [3.63, 3.8) is 0 Å². The number of aromatic nitrogens is 1. The number of benzene rings is 1. The summed E-state index contributed by atoms with van der Waals surface area (Å²) in [5.41, 5.74) is 1.50. The lowest BCUT2D eigenvalue weighted by Crippen LogP contribution is -2.44. The zero-order chi connectivity index (χ0) is 22.9. The lowest BCUT2D eigenvalue weighted by atomic mass is 9.96. The first-order chi connectivity index (χ1) is 15.5. The minimum atomic E-state index is -0.658. The number of thioether (sulfide) groups is 1. The third-order valence-corrected chi connectivity index (χ3v) is 6.18. The molecule has 3 rings (SSSR count). The van der Waals surface area contributed by atoms with Crippen molar-refractivity contribution in [1.29, 1.82) is 0 Å². The van der Waals surface area contributed by atoms with E-state index in [1.54, 1.807) is 37.6 Å². The molecule has 170 valence electrons. The standard InChI is InChI=1S/C23H28N4O4S/c1-31-18-7-5-16(6-8-18)14-25-20(28)21(29)26-15-17-9-12-27(13-10-17)23(30)19-4-3-11-24-22(19)32-2/h3-8,11,17H,9-10,12-15H2,1-2H3,(H,25,28)(H,26,29). The zero-order valence-electron chi connectivity index (χ0n) is 18.3. The van der Waals surface area contributed by atoms with Gasteiger partial charge in [-0.05, 0) is 54.8 Å². The molecule has 0 radical (unpaired) electrons. The Hall–Kier alpha value is -3.07. The second-order valence-electron chi connectivity index (χ2n) is 7.54. The van der Waals surface area contributed by atoms with Crippen LogP contribution in [0.15, 0.2) is 47.6 Å². The van der Waals surface area contributed by atoms with Crippen LogP contribution in [0, 0.1) is 5.92 Å². The molecular weight excluding hydrogens is 428 g/mol. The number of nitrogens with one attached hydrogen (secondary N) is 2. The molecule has 1 fully saturated rings. The van der Waals surface area contributed by atoms with E-state index in [1.807, 2.05) is 23.3 Å². The molecular formula is C23H28N4O4S. The summed E-state index contributed by atoms with van der Waals surface area (Å²) in [5, 5.41) is 6.06. The van der Waals surface area contributed by atoms with E-state index in [-0.39, 0.29) is 18.4 Å². The highest BCUT2D eigenvalue weighted by Gasteiger charge is 2.26. The molecule has 0 unspecified atom stereocenters. The molecule has 1 aromatic heterocycles. The Bertz CT molecular complexity index is 943. The second kappa shape index (κ2) is 11.5. The summed E-state index contributed by atoms with van der Waals surface area (Å²) < 4.78 is 5.10. The Labute approximate surface area is 192 Å². The number of pyridine rings is 1. The predicted octanol–water partition coefficient (Wildman–Crippen LogP) is 2.10. The molecule has 1 aliphatic heterocycles. The maximum Gasteiger partial charge on any atom is 0.309 e. The maximum absolute atomic E-state index is 12.8. The molecule has 8 nitrogen and oxygen atoms in total.